The van der Waals surface area contributed by atoms with Crippen molar-refractivity contribution in [2.24, 2.45) is 5.73 Å². The molecule has 3 amide bonds. The van der Waals surface area contributed by atoms with E-state index >= 15 is 0 Å². The number of fused-ring (bicyclic) bond motifs is 1. The number of aliphatic hydroxyl groups excluding tert-OH is 3. The molecule has 192 valence electrons. The molecule has 6 unspecified atom stereocenters. The van der Waals surface area contributed by atoms with E-state index in [1.54, 1.807) is 6.20 Å². The summed E-state index contributed by atoms with van der Waals surface area (Å²) in [5, 5.41) is 45.4. The Hall–Kier alpha value is -3.52. The van der Waals surface area contributed by atoms with E-state index in [9.17, 15) is 29.4 Å². The van der Waals surface area contributed by atoms with Crippen molar-refractivity contribution in [1.82, 2.24) is 20.9 Å². The summed E-state index contributed by atoms with van der Waals surface area (Å²) < 4.78 is 0. The van der Waals surface area contributed by atoms with Gasteiger partial charge in [0.25, 0.3) is 0 Å². The van der Waals surface area contributed by atoms with E-state index in [1.165, 1.54) is 13.8 Å². The molecule has 0 aliphatic rings. The number of carbonyl (C=O) groups is 4. The number of carbonyl (C=O) groups excluding carboxylic acids is 3. The summed E-state index contributed by atoms with van der Waals surface area (Å²) >= 11 is 0. The molecule has 2 aromatic rings. The van der Waals surface area contributed by atoms with Crippen LogP contribution in [0.3, 0.4) is 0 Å². The highest BCUT2D eigenvalue weighted by Crippen LogP contribution is 2.18. The number of nitrogens with two attached hydrogens (primary N) is 1. The van der Waals surface area contributed by atoms with Crippen LogP contribution in [0, 0.1) is 0 Å². The van der Waals surface area contributed by atoms with Crippen molar-refractivity contribution in [3.8, 4) is 0 Å². The maximum atomic E-state index is 12.8. The lowest BCUT2D eigenvalue weighted by Crippen LogP contribution is -2.62. The topological polar surface area (TPSA) is 227 Å². The first-order valence-electron chi connectivity index (χ1n) is 10.9. The summed E-state index contributed by atoms with van der Waals surface area (Å²) in [6.07, 6.45) is -1.01. The van der Waals surface area contributed by atoms with Crippen LogP contribution in [0.4, 0.5) is 0 Å². The molecule has 1 heterocycles. The molecule has 13 nitrogen and oxygen atoms in total. The molecule has 0 aliphatic heterocycles. The molecular weight excluding hydrogens is 462 g/mol. The van der Waals surface area contributed by atoms with Gasteiger partial charge in [-0.25, -0.2) is 4.79 Å². The number of carboxylic acid groups (broad SMARTS) is 1. The van der Waals surface area contributed by atoms with Gasteiger partial charge >= 0.3 is 5.97 Å². The molecule has 2 rings (SSSR count). The third-order valence-corrected chi connectivity index (χ3v) is 5.37. The van der Waals surface area contributed by atoms with Crippen molar-refractivity contribution in [2.75, 3.05) is 6.61 Å². The first-order valence-corrected chi connectivity index (χ1v) is 10.9. The van der Waals surface area contributed by atoms with Crippen molar-refractivity contribution in [3.05, 3.63) is 36.0 Å². The van der Waals surface area contributed by atoms with Gasteiger partial charge in [-0.2, -0.15) is 0 Å². The first kappa shape index (κ1) is 27.7. The Morgan fingerprint density at radius 2 is 1.49 bits per heavy atom. The molecular formula is C22H31N5O8. The molecule has 0 fully saturated rings. The molecule has 0 spiro atoms. The number of aromatic amines is 1. The number of hydrogen-bond donors (Lipinski definition) is 9. The van der Waals surface area contributed by atoms with Gasteiger partial charge in [0.15, 0.2) is 0 Å². The second-order valence-electron chi connectivity index (χ2n) is 8.21. The van der Waals surface area contributed by atoms with Crippen LogP contribution in [0.1, 0.15) is 19.4 Å². The van der Waals surface area contributed by atoms with Crippen molar-refractivity contribution >= 4 is 34.6 Å². The average Bonchev–Trinajstić information content (AvgIpc) is 3.20. The van der Waals surface area contributed by atoms with Crippen molar-refractivity contribution in [3.63, 3.8) is 0 Å². The Labute approximate surface area is 200 Å². The van der Waals surface area contributed by atoms with Crippen molar-refractivity contribution < 1.29 is 39.6 Å². The largest absolute Gasteiger partial charge is 0.480 e. The fraction of sp³-hybridized carbons (Fsp3) is 0.455. The zero-order chi connectivity index (χ0) is 26.3. The third kappa shape index (κ3) is 7.23. The lowest BCUT2D eigenvalue weighted by atomic mass is 10.0. The number of benzene rings is 1. The van der Waals surface area contributed by atoms with Crippen LogP contribution in [-0.4, -0.2) is 92.1 Å². The van der Waals surface area contributed by atoms with E-state index in [4.69, 9.17) is 15.9 Å². The van der Waals surface area contributed by atoms with Gasteiger partial charge in [0.2, 0.25) is 17.7 Å². The van der Waals surface area contributed by atoms with Gasteiger partial charge < -0.3 is 47.1 Å². The SMILES string of the molecule is CC(O)C(NC(=O)C(N)Cc1c[nH]c2ccccc12)C(=O)NC(C(=O)NC(CO)C(=O)O)C(C)O. The van der Waals surface area contributed by atoms with Gasteiger partial charge in [-0.15, -0.1) is 0 Å². The van der Waals surface area contributed by atoms with Gasteiger partial charge in [-0.1, -0.05) is 18.2 Å². The molecule has 0 saturated carbocycles. The van der Waals surface area contributed by atoms with Gasteiger partial charge in [0.05, 0.1) is 24.9 Å². The summed E-state index contributed by atoms with van der Waals surface area (Å²) in [5.41, 5.74) is 7.67. The van der Waals surface area contributed by atoms with Crippen LogP contribution >= 0.6 is 0 Å². The first-order chi connectivity index (χ1) is 16.5. The summed E-state index contributed by atoms with van der Waals surface area (Å²) in [6, 6.07) is 1.54. The number of nitrogens with one attached hydrogen (secondary N) is 4. The maximum Gasteiger partial charge on any atom is 0.328 e. The Morgan fingerprint density at radius 3 is 2.03 bits per heavy atom. The predicted molar refractivity (Wildman–Crippen MR) is 124 cm³/mol. The fourth-order valence-electron chi connectivity index (χ4n) is 3.39. The van der Waals surface area contributed by atoms with Crippen LogP contribution in [-0.2, 0) is 25.6 Å². The number of aliphatic hydroxyl groups is 3. The average molecular weight is 494 g/mol. The molecule has 0 saturated heterocycles. The maximum absolute atomic E-state index is 12.8. The van der Waals surface area contributed by atoms with Crippen molar-refractivity contribution in [2.45, 2.75) is 56.6 Å². The van der Waals surface area contributed by atoms with E-state index in [-0.39, 0.29) is 6.42 Å². The minimum Gasteiger partial charge on any atom is -0.480 e. The normalized spacial score (nSPS) is 16.4. The molecule has 0 aliphatic carbocycles. The summed E-state index contributed by atoms with van der Waals surface area (Å²) in [5.74, 6) is -4.35. The number of rotatable bonds is 12. The number of aliphatic carboxylic acids is 1. The minimum absolute atomic E-state index is 0.139. The van der Waals surface area contributed by atoms with Gasteiger partial charge in [-0.3, -0.25) is 14.4 Å². The second kappa shape index (κ2) is 12.3. The number of para-hydroxylation sites is 1. The Morgan fingerprint density at radius 1 is 0.943 bits per heavy atom. The highest BCUT2D eigenvalue weighted by Gasteiger charge is 2.34. The van der Waals surface area contributed by atoms with Gasteiger partial charge in [-0.05, 0) is 31.9 Å². The third-order valence-electron chi connectivity index (χ3n) is 5.37. The predicted octanol–water partition coefficient (Wildman–Crippen LogP) is -2.67. The van der Waals surface area contributed by atoms with Crippen molar-refractivity contribution in [1.29, 1.82) is 0 Å². The fourth-order valence-corrected chi connectivity index (χ4v) is 3.39. The van der Waals surface area contributed by atoms with E-state index in [0.29, 0.717) is 0 Å². The number of H-pyrrole nitrogens is 1. The van der Waals surface area contributed by atoms with Crippen LogP contribution in [0.2, 0.25) is 0 Å². The summed E-state index contributed by atoms with van der Waals surface area (Å²) in [7, 11) is 0. The van der Waals surface area contributed by atoms with Gasteiger partial charge in [0.1, 0.15) is 18.1 Å². The number of amides is 3. The van der Waals surface area contributed by atoms with Crippen LogP contribution < -0.4 is 21.7 Å². The van der Waals surface area contributed by atoms with Crippen LogP contribution in [0.5, 0.6) is 0 Å². The van der Waals surface area contributed by atoms with Crippen LogP contribution in [0.15, 0.2) is 30.5 Å². The smallest absolute Gasteiger partial charge is 0.328 e. The number of aromatic nitrogens is 1. The molecule has 0 radical (unpaired) electrons. The highest BCUT2D eigenvalue weighted by molar-refractivity contribution is 5.95. The molecule has 0 bridgehead atoms. The molecule has 10 N–H and O–H groups in total. The van der Waals surface area contributed by atoms with E-state index < -0.39 is 66.7 Å². The molecule has 1 aromatic heterocycles. The minimum atomic E-state index is -1.66. The number of hydrogen-bond acceptors (Lipinski definition) is 8. The molecule has 35 heavy (non-hydrogen) atoms. The molecule has 6 atom stereocenters. The zero-order valence-electron chi connectivity index (χ0n) is 19.3. The lowest BCUT2D eigenvalue weighted by Gasteiger charge is -2.27. The van der Waals surface area contributed by atoms with E-state index in [0.717, 1.165) is 16.5 Å². The van der Waals surface area contributed by atoms with E-state index in [1.807, 2.05) is 29.6 Å². The monoisotopic (exact) mass is 493 g/mol. The molecule has 13 heteroatoms. The Kier molecular flexibility index (Phi) is 9.71. The Balaban J connectivity index is 2.07. The summed E-state index contributed by atoms with van der Waals surface area (Å²) in [4.78, 5) is 51.9. The standard InChI is InChI=1S/C22H31N5O8/c1-10(29)17(20(32)25-16(9-28)22(34)35)27-21(33)18(11(2)30)26-19(31)14(23)7-12-8-24-15-6-4-3-5-13(12)15/h3-6,8,10-11,14,16-18,24,28-30H,7,9,23H2,1-2H3,(H,25,32)(H,26,31)(H,27,33)(H,34,35). The Bertz CT molecular complexity index is 1050. The second-order valence-corrected chi connectivity index (χ2v) is 8.21. The quantitative estimate of drug-likeness (QED) is 0.150. The highest BCUT2D eigenvalue weighted by atomic mass is 16.4. The van der Waals surface area contributed by atoms with Gasteiger partial charge in [0, 0.05) is 17.1 Å². The summed E-state index contributed by atoms with van der Waals surface area (Å²) in [6.45, 7) is 1.49. The number of carboxylic acids is 1. The molecule has 1 aromatic carbocycles. The van der Waals surface area contributed by atoms with E-state index in [2.05, 4.69) is 15.6 Å². The zero-order valence-corrected chi connectivity index (χ0v) is 19.3. The lowest BCUT2D eigenvalue weighted by molar-refractivity contribution is -0.144. The van der Waals surface area contributed by atoms with Crippen LogP contribution in [0.25, 0.3) is 10.9 Å².